The Morgan fingerprint density at radius 1 is 1.15 bits per heavy atom. The number of ketones is 1. The molecular formula is C20H18ClNO5. The van der Waals surface area contributed by atoms with Crippen molar-refractivity contribution in [2.24, 2.45) is 0 Å². The lowest BCUT2D eigenvalue weighted by atomic mass is 10.0. The molecule has 1 fully saturated rings. The average molecular weight is 388 g/mol. The van der Waals surface area contributed by atoms with Crippen LogP contribution in [-0.4, -0.2) is 37.0 Å². The van der Waals surface area contributed by atoms with Crippen molar-refractivity contribution >= 4 is 34.9 Å². The van der Waals surface area contributed by atoms with Gasteiger partial charge in [-0.1, -0.05) is 41.9 Å². The van der Waals surface area contributed by atoms with E-state index in [2.05, 4.69) is 5.32 Å². The predicted octanol–water partition coefficient (Wildman–Crippen LogP) is 3.23. The molecule has 0 radical (unpaired) electrons. The zero-order valence-corrected chi connectivity index (χ0v) is 15.2. The molecular weight excluding hydrogens is 370 g/mol. The first-order chi connectivity index (χ1) is 13.0. The third-order valence-electron chi connectivity index (χ3n) is 4.07. The summed E-state index contributed by atoms with van der Waals surface area (Å²) in [4.78, 5) is 36.7. The molecule has 1 heterocycles. The predicted molar refractivity (Wildman–Crippen MR) is 99.9 cm³/mol. The van der Waals surface area contributed by atoms with E-state index in [9.17, 15) is 14.4 Å². The van der Waals surface area contributed by atoms with Crippen molar-refractivity contribution in [2.75, 3.05) is 18.5 Å². The van der Waals surface area contributed by atoms with Crippen LogP contribution >= 0.6 is 11.6 Å². The van der Waals surface area contributed by atoms with Crippen LogP contribution in [0.4, 0.5) is 5.69 Å². The van der Waals surface area contributed by atoms with Crippen LogP contribution in [0.2, 0.25) is 5.02 Å². The van der Waals surface area contributed by atoms with Crippen LogP contribution in [0.3, 0.4) is 0 Å². The largest absolute Gasteiger partial charge is 0.454 e. The molecule has 0 bridgehead atoms. The highest BCUT2D eigenvalue weighted by Gasteiger charge is 2.25. The molecule has 1 aliphatic heterocycles. The molecule has 1 amide bonds. The summed E-state index contributed by atoms with van der Waals surface area (Å²) in [6.07, 6.45) is 0.776. The number of esters is 1. The molecule has 2 aromatic rings. The Morgan fingerprint density at radius 3 is 2.63 bits per heavy atom. The quantitative estimate of drug-likeness (QED) is 0.608. The molecule has 140 valence electrons. The van der Waals surface area contributed by atoms with Gasteiger partial charge in [-0.2, -0.15) is 0 Å². The van der Waals surface area contributed by atoms with Gasteiger partial charge in [-0.3, -0.25) is 9.59 Å². The molecule has 1 atom stereocenters. The van der Waals surface area contributed by atoms with E-state index < -0.39 is 24.6 Å². The van der Waals surface area contributed by atoms with E-state index >= 15 is 0 Å². The summed E-state index contributed by atoms with van der Waals surface area (Å²) in [5.74, 6) is -1.38. The van der Waals surface area contributed by atoms with Crippen molar-refractivity contribution in [3.63, 3.8) is 0 Å². The van der Waals surface area contributed by atoms with Crippen LogP contribution in [0.25, 0.3) is 0 Å². The van der Waals surface area contributed by atoms with E-state index in [0.29, 0.717) is 29.3 Å². The lowest BCUT2D eigenvalue weighted by Crippen LogP contribution is -2.27. The van der Waals surface area contributed by atoms with Crippen molar-refractivity contribution in [1.29, 1.82) is 0 Å². The molecule has 1 N–H and O–H groups in total. The van der Waals surface area contributed by atoms with E-state index in [0.717, 1.165) is 6.42 Å². The van der Waals surface area contributed by atoms with Gasteiger partial charge in [0.1, 0.15) is 0 Å². The van der Waals surface area contributed by atoms with Crippen LogP contribution < -0.4 is 5.32 Å². The van der Waals surface area contributed by atoms with Gasteiger partial charge in [0.05, 0.1) is 5.69 Å². The third-order valence-corrected chi connectivity index (χ3v) is 4.31. The molecule has 2 aromatic carbocycles. The number of halogens is 1. The molecule has 0 spiro atoms. The first-order valence-electron chi connectivity index (χ1n) is 8.52. The summed E-state index contributed by atoms with van der Waals surface area (Å²) < 4.78 is 10.2. The molecule has 1 saturated heterocycles. The number of ether oxygens (including phenoxy) is 2. The summed E-state index contributed by atoms with van der Waals surface area (Å²) >= 11 is 6.01. The molecule has 0 aromatic heterocycles. The number of amides is 1. The third kappa shape index (κ3) is 4.93. The van der Waals surface area contributed by atoms with Gasteiger partial charge < -0.3 is 14.8 Å². The standard InChI is InChI=1S/C20H18ClNO5/c21-14-8-9-16(15(11-14)19(24)13-5-2-1-3-6-13)22-18(23)12-27-20(25)17-7-4-10-26-17/h1-3,5-6,8-9,11,17H,4,7,10,12H2,(H,22,23)/t17-/m0/s1. The smallest absolute Gasteiger partial charge is 0.335 e. The van der Waals surface area contributed by atoms with Gasteiger partial charge in [-0.15, -0.1) is 0 Å². The number of nitrogens with one attached hydrogen (secondary N) is 1. The highest BCUT2D eigenvalue weighted by atomic mass is 35.5. The van der Waals surface area contributed by atoms with Crippen molar-refractivity contribution in [3.8, 4) is 0 Å². The minimum absolute atomic E-state index is 0.257. The summed E-state index contributed by atoms with van der Waals surface area (Å²) in [6.45, 7) is 0.0575. The maximum atomic E-state index is 12.7. The number of anilines is 1. The highest BCUT2D eigenvalue weighted by molar-refractivity contribution is 6.31. The second-order valence-corrected chi connectivity index (χ2v) is 6.48. The van der Waals surface area contributed by atoms with Gasteiger partial charge in [0.15, 0.2) is 18.5 Å². The topological polar surface area (TPSA) is 81.7 Å². The molecule has 27 heavy (non-hydrogen) atoms. The lowest BCUT2D eigenvalue weighted by molar-refractivity contribution is -0.156. The van der Waals surface area contributed by atoms with Gasteiger partial charge in [-0.05, 0) is 31.0 Å². The summed E-state index contributed by atoms with van der Waals surface area (Å²) in [5.41, 5.74) is 1.03. The van der Waals surface area contributed by atoms with Crippen molar-refractivity contribution in [3.05, 3.63) is 64.7 Å². The molecule has 0 saturated carbocycles. The molecule has 0 unspecified atom stereocenters. The van der Waals surface area contributed by atoms with Gasteiger partial charge >= 0.3 is 5.97 Å². The van der Waals surface area contributed by atoms with Crippen LogP contribution in [0, 0.1) is 0 Å². The van der Waals surface area contributed by atoms with Crippen LogP contribution in [-0.2, 0) is 19.1 Å². The van der Waals surface area contributed by atoms with Crippen LogP contribution in [0.15, 0.2) is 48.5 Å². The van der Waals surface area contributed by atoms with Crippen molar-refractivity contribution in [2.45, 2.75) is 18.9 Å². The van der Waals surface area contributed by atoms with E-state index in [1.807, 2.05) is 0 Å². The zero-order chi connectivity index (χ0) is 19.2. The SMILES string of the molecule is O=C(COC(=O)[C@@H]1CCCO1)Nc1ccc(Cl)cc1C(=O)c1ccccc1. The minimum Gasteiger partial charge on any atom is -0.454 e. The normalized spacial score (nSPS) is 16.0. The van der Waals surface area contributed by atoms with E-state index in [1.54, 1.807) is 36.4 Å². The minimum atomic E-state index is -0.608. The number of hydrogen-bond acceptors (Lipinski definition) is 5. The molecule has 7 heteroatoms. The Balaban J connectivity index is 1.68. The van der Waals surface area contributed by atoms with Gasteiger partial charge in [0.25, 0.3) is 5.91 Å². The second kappa shape index (κ2) is 8.79. The Hall–Kier alpha value is -2.70. The Morgan fingerprint density at radius 2 is 1.93 bits per heavy atom. The first kappa shape index (κ1) is 19.1. The average Bonchev–Trinajstić information content (AvgIpc) is 3.22. The van der Waals surface area contributed by atoms with Crippen LogP contribution in [0.1, 0.15) is 28.8 Å². The second-order valence-electron chi connectivity index (χ2n) is 6.04. The van der Waals surface area contributed by atoms with E-state index in [1.165, 1.54) is 12.1 Å². The first-order valence-corrected chi connectivity index (χ1v) is 8.90. The highest BCUT2D eigenvalue weighted by Crippen LogP contribution is 2.24. The van der Waals surface area contributed by atoms with Crippen molar-refractivity contribution in [1.82, 2.24) is 0 Å². The lowest BCUT2D eigenvalue weighted by Gasteiger charge is -2.12. The van der Waals surface area contributed by atoms with E-state index in [4.69, 9.17) is 21.1 Å². The maximum Gasteiger partial charge on any atom is 0.335 e. The molecule has 6 nitrogen and oxygen atoms in total. The number of benzene rings is 2. The fourth-order valence-corrected chi connectivity index (χ4v) is 2.91. The van der Waals surface area contributed by atoms with Gasteiger partial charge in [0.2, 0.25) is 0 Å². The summed E-state index contributed by atoms with van der Waals surface area (Å²) in [7, 11) is 0. The van der Waals surface area contributed by atoms with E-state index in [-0.39, 0.29) is 11.3 Å². The zero-order valence-electron chi connectivity index (χ0n) is 14.4. The summed E-state index contributed by atoms with van der Waals surface area (Å²) in [6, 6.07) is 13.3. The molecule has 0 aliphatic carbocycles. The monoisotopic (exact) mass is 387 g/mol. The fourth-order valence-electron chi connectivity index (χ4n) is 2.74. The number of carbonyl (C=O) groups excluding carboxylic acids is 3. The Bertz CT molecular complexity index is 847. The summed E-state index contributed by atoms with van der Waals surface area (Å²) in [5, 5.41) is 2.97. The number of rotatable bonds is 6. The maximum absolute atomic E-state index is 12.7. The van der Waals surface area contributed by atoms with Crippen molar-refractivity contribution < 1.29 is 23.9 Å². The number of hydrogen-bond donors (Lipinski definition) is 1. The Labute approximate surface area is 161 Å². The van der Waals surface area contributed by atoms with Gasteiger partial charge in [-0.25, -0.2) is 4.79 Å². The molecule has 3 rings (SSSR count). The fraction of sp³-hybridized carbons (Fsp3) is 0.250. The molecule has 1 aliphatic rings. The van der Waals surface area contributed by atoms with Crippen LogP contribution in [0.5, 0.6) is 0 Å². The van der Waals surface area contributed by atoms with Gasteiger partial charge in [0, 0.05) is 22.8 Å². The number of carbonyl (C=O) groups is 3. The Kier molecular flexibility index (Phi) is 6.21.